The number of aryl methyl sites for hydroxylation is 1. The van der Waals surface area contributed by atoms with E-state index in [1.165, 1.54) is 35.2 Å². The number of anilines is 1. The van der Waals surface area contributed by atoms with Crippen LogP contribution in [0.25, 0.3) is 11.3 Å². The lowest BCUT2D eigenvalue weighted by molar-refractivity contribution is 0.0696. The van der Waals surface area contributed by atoms with Crippen molar-refractivity contribution < 1.29 is 14.3 Å². The van der Waals surface area contributed by atoms with E-state index in [0.29, 0.717) is 5.56 Å². The molecule has 0 amide bonds. The summed E-state index contributed by atoms with van der Waals surface area (Å²) in [6.07, 6.45) is 4.62. The minimum Gasteiger partial charge on any atom is -0.478 e. The fourth-order valence-electron chi connectivity index (χ4n) is 3.19. The van der Waals surface area contributed by atoms with Crippen molar-refractivity contribution in [3.8, 4) is 11.3 Å². The second-order valence-corrected chi connectivity index (χ2v) is 7.93. The lowest BCUT2D eigenvalue weighted by atomic mass is 9.93. The molecule has 0 aliphatic heterocycles. The van der Waals surface area contributed by atoms with E-state index in [0.717, 1.165) is 41.7 Å². The molecule has 0 unspecified atom stereocenters. The van der Waals surface area contributed by atoms with E-state index in [9.17, 15) is 14.3 Å². The van der Waals surface area contributed by atoms with Gasteiger partial charge in [-0.15, -0.1) is 11.3 Å². The van der Waals surface area contributed by atoms with Crippen LogP contribution >= 0.6 is 11.3 Å². The second kappa shape index (κ2) is 8.13. The number of hydrazone groups is 1. The summed E-state index contributed by atoms with van der Waals surface area (Å²) >= 11 is 1.51. The normalized spacial score (nSPS) is 14.1. The summed E-state index contributed by atoms with van der Waals surface area (Å²) in [5, 5.41) is 18.5. The molecule has 0 atom stereocenters. The van der Waals surface area contributed by atoms with Gasteiger partial charge in [-0.2, -0.15) is 5.10 Å². The number of aromatic carboxylic acids is 1. The van der Waals surface area contributed by atoms with Gasteiger partial charge in [0.1, 0.15) is 5.82 Å². The minimum absolute atomic E-state index is 0.109. The molecule has 5 nitrogen and oxygen atoms in total. The van der Waals surface area contributed by atoms with Gasteiger partial charge >= 0.3 is 5.97 Å². The third-order valence-electron chi connectivity index (χ3n) is 4.99. The van der Waals surface area contributed by atoms with Gasteiger partial charge < -0.3 is 5.11 Å². The Morgan fingerprint density at radius 3 is 2.83 bits per heavy atom. The highest BCUT2D eigenvalue weighted by Gasteiger charge is 2.27. The SMILES string of the molecule is Cc1cccc(-c2csc(N(/N=C/c3ccc(F)cc3C(=O)O)C3CCC3)n2)c1. The topological polar surface area (TPSA) is 65.8 Å². The number of carbonyl (C=O) groups is 1. The van der Waals surface area contributed by atoms with Crippen molar-refractivity contribution in [2.45, 2.75) is 32.2 Å². The number of carboxylic acid groups (broad SMARTS) is 1. The number of hydrogen-bond donors (Lipinski definition) is 1. The highest BCUT2D eigenvalue weighted by atomic mass is 32.1. The predicted octanol–water partition coefficient (Wildman–Crippen LogP) is 5.35. The highest BCUT2D eigenvalue weighted by Crippen LogP contribution is 2.34. The number of rotatable bonds is 6. The van der Waals surface area contributed by atoms with E-state index in [1.54, 1.807) is 0 Å². The van der Waals surface area contributed by atoms with Crippen molar-refractivity contribution in [2.24, 2.45) is 5.10 Å². The first-order valence-corrected chi connectivity index (χ1v) is 10.3. The molecule has 0 radical (unpaired) electrons. The molecule has 0 spiro atoms. The summed E-state index contributed by atoms with van der Waals surface area (Å²) in [5.74, 6) is -1.77. The van der Waals surface area contributed by atoms with Crippen LogP contribution in [0.15, 0.2) is 52.9 Å². The number of thiazole rings is 1. The molecule has 0 saturated heterocycles. The first kappa shape index (κ1) is 19.3. The van der Waals surface area contributed by atoms with E-state index in [4.69, 9.17) is 4.98 Å². The Balaban J connectivity index is 1.65. The molecule has 148 valence electrons. The van der Waals surface area contributed by atoms with Gasteiger partial charge in [-0.05, 0) is 50.5 Å². The third kappa shape index (κ3) is 4.19. The molecule has 7 heteroatoms. The summed E-state index contributed by atoms with van der Waals surface area (Å²) in [4.78, 5) is 16.2. The maximum atomic E-state index is 13.4. The third-order valence-corrected chi connectivity index (χ3v) is 5.82. The van der Waals surface area contributed by atoms with Crippen molar-refractivity contribution in [3.05, 3.63) is 70.4 Å². The molecule has 1 aliphatic rings. The Morgan fingerprint density at radius 2 is 2.14 bits per heavy atom. The van der Waals surface area contributed by atoms with Crippen LogP contribution in [-0.2, 0) is 0 Å². The first-order valence-electron chi connectivity index (χ1n) is 9.40. The summed E-state index contributed by atoms with van der Waals surface area (Å²) in [6, 6.07) is 12.1. The molecular formula is C22H20FN3O2S. The minimum atomic E-state index is -1.18. The molecule has 1 aromatic heterocycles. The molecule has 4 rings (SSSR count). The Hall–Kier alpha value is -3.06. The summed E-state index contributed by atoms with van der Waals surface area (Å²) < 4.78 is 13.4. The molecule has 1 saturated carbocycles. The van der Waals surface area contributed by atoms with E-state index in [1.807, 2.05) is 35.5 Å². The van der Waals surface area contributed by atoms with Crippen molar-refractivity contribution >= 4 is 28.7 Å². The lowest BCUT2D eigenvalue weighted by Crippen LogP contribution is -2.36. The van der Waals surface area contributed by atoms with Crippen LogP contribution in [-0.4, -0.2) is 28.3 Å². The van der Waals surface area contributed by atoms with Crippen LogP contribution in [0.4, 0.5) is 9.52 Å². The van der Waals surface area contributed by atoms with Gasteiger partial charge in [-0.1, -0.05) is 23.8 Å². The first-order chi connectivity index (χ1) is 14.0. The molecule has 1 N–H and O–H groups in total. The van der Waals surface area contributed by atoms with Crippen LogP contribution < -0.4 is 5.01 Å². The summed E-state index contributed by atoms with van der Waals surface area (Å²) in [7, 11) is 0. The van der Waals surface area contributed by atoms with Gasteiger partial charge in [0, 0.05) is 16.5 Å². The Morgan fingerprint density at radius 1 is 1.31 bits per heavy atom. The van der Waals surface area contributed by atoms with Crippen molar-refractivity contribution in [3.63, 3.8) is 0 Å². The largest absolute Gasteiger partial charge is 0.478 e. The summed E-state index contributed by atoms with van der Waals surface area (Å²) in [6.45, 7) is 2.05. The fourth-order valence-corrected chi connectivity index (χ4v) is 4.05. The average Bonchev–Trinajstić information content (AvgIpc) is 3.14. The zero-order chi connectivity index (χ0) is 20.4. The van der Waals surface area contributed by atoms with Gasteiger partial charge in [0.25, 0.3) is 0 Å². The van der Waals surface area contributed by atoms with Crippen LogP contribution in [0, 0.1) is 12.7 Å². The second-order valence-electron chi connectivity index (χ2n) is 7.10. The van der Waals surface area contributed by atoms with Crippen molar-refractivity contribution in [1.82, 2.24) is 4.98 Å². The van der Waals surface area contributed by atoms with Gasteiger partial charge in [-0.25, -0.2) is 19.2 Å². The zero-order valence-electron chi connectivity index (χ0n) is 15.9. The van der Waals surface area contributed by atoms with Crippen molar-refractivity contribution in [1.29, 1.82) is 0 Å². The van der Waals surface area contributed by atoms with Gasteiger partial charge in [0.2, 0.25) is 5.13 Å². The number of aromatic nitrogens is 1. The molecule has 1 aliphatic carbocycles. The number of halogens is 1. The number of hydrogen-bond acceptors (Lipinski definition) is 5. The average molecular weight is 409 g/mol. The monoisotopic (exact) mass is 409 g/mol. The molecule has 1 heterocycles. The summed E-state index contributed by atoms with van der Waals surface area (Å²) in [5.41, 5.74) is 3.36. The van der Waals surface area contributed by atoms with Crippen LogP contribution in [0.2, 0.25) is 0 Å². The van der Waals surface area contributed by atoms with Crippen LogP contribution in [0.5, 0.6) is 0 Å². The zero-order valence-corrected chi connectivity index (χ0v) is 16.7. The van der Waals surface area contributed by atoms with Crippen LogP contribution in [0.1, 0.15) is 40.7 Å². The Labute approximate surface area is 172 Å². The van der Waals surface area contributed by atoms with Gasteiger partial charge in [0.05, 0.1) is 23.5 Å². The van der Waals surface area contributed by atoms with E-state index < -0.39 is 11.8 Å². The number of carboxylic acids is 1. The Kier molecular flexibility index (Phi) is 5.40. The number of nitrogens with zero attached hydrogens (tertiary/aromatic N) is 3. The molecule has 29 heavy (non-hydrogen) atoms. The maximum absolute atomic E-state index is 13.4. The number of benzene rings is 2. The van der Waals surface area contributed by atoms with E-state index in [-0.39, 0.29) is 11.6 Å². The van der Waals surface area contributed by atoms with Gasteiger partial charge in [0.15, 0.2) is 0 Å². The fraction of sp³-hybridized carbons (Fsp3) is 0.227. The molecule has 3 aromatic rings. The molecule has 2 aromatic carbocycles. The van der Waals surface area contributed by atoms with Crippen molar-refractivity contribution in [2.75, 3.05) is 5.01 Å². The quantitative estimate of drug-likeness (QED) is 0.440. The standard InChI is InChI=1S/C22H20FN3O2S/c1-14-4-2-5-15(10-14)20-13-29-22(25-20)26(18-6-3-7-18)24-12-16-8-9-17(23)11-19(16)21(27)28/h2,4-5,8-13,18H,3,6-7H2,1H3,(H,27,28)/b24-12+. The highest BCUT2D eigenvalue weighted by molar-refractivity contribution is 7.14. The predicted molar refractivity (Wildman–Crippen MR) is 113 cm³/mol. The van der Waals surface area contributed by atoms with Crippen LogP contribution in [0.3, 0.4) is 0 Å². The lowest BCUT2D eigenvalue weighted by Gasteiger charge is -2.33. The molecule has 0 bridgehead atoms. The van der Waals surface area contributed by atoms with E-state index >= 15 is 0 Å². The molecule has 1 fully saturated rings. The smallest absolute Gasteiger partial charge is 0.336 e. The Bertz CT molecular complexity index is 1080. The van der Waals surface area contributed by atoms with Gasteiger partial charge in [-0.3, -0.25) is 0 Å². The maximum Gasteiger partial charge on any atom is 0.336 e. The van der Waals surface area contributed by atoms with E-state index in [2.05, 4.69) is 11.2 Å². The molecular weight excluding hydrogens is 389 g/mol.